The maximum atomic E-state index is 12.7. The Morgan fingerprint density at radius 3 is 2.60 bits per heavy atom. The lowest BCUT2D eigenvalue weighted by Crippen LogP contribution is -2.27. The number of hydrogen-bond acceptors (Lipinski definition) is 7. The van der Waals surface area contributed by atoms with Crippen LogP contribution >= 0.6 is 35.0 Å². The van der Waals surface area contributed by atoms with Gasteiger partial charge in [0, 0.05) is 32.6 Å². The van der Waals surface area contributed by atoms with Crippen molar-refractivity contribution < 1.29 is 14.3 Å². The van der Waals surface area contributed by atoms with Crippen molar-refractivity contribution in [1.29, 1.82) is 0 Å². The van der Waals surface area contributed by atoms with Gasteiger partial charge in [0.25, 0.3) is 0 Å². The molecule has 3 aromatic rings. The number of anilines is 1. The van der Waals surface area contributed by atoms with Gasteiger partial charge in [0.1, 0.15) is 12.6 Å². The summed E-state index contributed by atoms with van der Waals surface area (Å²) in [7, 11) is 1.57. The van der Waals surface area contributed by atoms with Crippen LogP contribution < -0.4 is 14.8 Å². The average Bonchev–Trinajstić information content (AvgIpc) is 3.23. The Morgan fingerprint density at radius 2 is 1.94 bits per heavy atom. The van der Waals surface area contributed by atoms with Crippen LogP contribution in [-0.2, 0) is 11.4 Å². The van der Waals surface area contributed by atoms with E-state index in [1.54, 1.807) is 48.7 Å². The number of rotatable bonds is 9. The van der Waals surface area contributed by atoms with Crippen LogP contribution in [0.3, 0.4) is 0 Å². The highest BCUT2D eigenvalue weighted by Gasteiger charge is 2.33. The molecule has 1 N–H and O–H groups in total. The molecule has 0 radical (unpaired) electrons. The number of methoxy groups -OCH3 is 1. The van der Waals surface area contributed by atoms with Crippen molar-refractivity contribution in [2.75, 3.05) is 18.2 Å². The van der Waals surface area contributed by atoms with E-state index < -0.39 is 6.04 Å². The first-order chi connectivity index (χ1) is 16.8. The molecule has 184 valence electrons. The Bertz CT molecular complexity index is 1270. The van der Waals surface area contributed by atoms with Gasteiger partial charge in [0.2, 0.25) is 11.1 Å². The molecule has 0 saturated carbocycles. The summed E-state index contributed by atoms with van der Waals surface area (Å²) < 4.78 is 13.4. The fraction of sp³-hybridized carbons (Fsp3) is 0.320. The molecular formula is C25H26Cl2N4O3S. The lowest BCUT2D eigenvalue weighted by atomic mass is 9.93. The molecule has 1 aliphatic heterocycles. The van der Waals surface area contributed by atoms with Crippen molar-refractivity contribution in [2.24, 2.45) is 0 Å². The van der Waals surface area contributed by atoms with Crippen LogP contribution in [0, 0.1) is 0 Å². The summed E-state index contributed by atoms with van der Waals surface area (Å²) >= 11 is 14.1. The Hall–Kier alpha value is -2.68. The Morgan fingerprint density at radius 1 is 1.20 bits per heavy atom. The molecule has 0 aliphatic carbocycles. The number of nitrogens with one attached hydrogen (secondary N) is 1. The van der Waals surface area contributed by atoms with Crippen molar-refractivity contribution in [3.63, 3.8) is 0 Å². The fourth-order valence-corrected chi connectivity index (χ4v) is 5.13. The van der Waals surface area contributed by atoms with Crippen LogP contribution in [0.1, 0.15) is 44.4 Å². The molecule has 1 atom stereocenters. The first kappa shape index (κ1) is 25.4. The predicted octanol–water partition coefficient (Wildman–Crippen LogP) is 6.55. The number of halogens is 2. The molecule has 1 unspecified atom stereocenters. The molecule has 4 rings (SSSR count). The van der Waals surface area contributed by atoms with Crippen LogP contribution in [0.4, 0.5) is 5.95 Å². The average molecular weight is 533 g/mol. The molecule has 0 fully saturated rings. The Balaban J connectivity index is 1.70. The first-order valence-corrected chi connectivity index (χ1v) is 12.9. The lowest BCUT2D eigenvalue weighted by molar-refractivity contribution is -0.114. The quantitative estimate of drug-likeness (QED) is 0.313. The van der Waals surface area contributed by atoms with Crippen LogP contribution in [0.5, 0.6) is 11.5 Å². The van der Waals surface area contributed by atoms with E-state index in [0.29, 0.717) is 43.8 Å². The van der Waals surface area contributed by atoms with Gasteiger partial charge in [0.15, 0.2) is 17.3 Å². The van der Waals surface area contributed by atoms with Gasteiger partial charge >= 0.3 is 0 Å². The van der Waals surface area contributed by atoms with Crippen LogP contribution in [0.2, 0.25) is 10.0 Å². The molecule has 0 spiro atoms. The number of Topliss-reactive ketones (excluding diaryl/α,β-unsaturated/α-hetero) is 1. The zero-order valence-corrected chi connectivity index (χ0v) is 22.2. The smallest absolute Gasteiger partial charge is 0.227 e. The van der Waals surface area contributed by atoms with Gasteiger partial charge in [-0.1, -0.05) is 54.0 Å². The fourth-order valence-electron chi connectivity index (χ4n) is 3.94. The van der Waals surface area contributed by atoms with Gasteiger partial charge in [-0.15, -0.1) is 5.10 Å². The highest BCUT2D eigenvalue weighted by atomic mass is 35.5. The van der Waals surface area contributed by atoms with Gasteiger partial charge in [0.05, 0.1) is 7.11 Å². The van der Waals surface area contributed by atoms with Gasteiger partial charge in [-0.05, 0) is 50.1 Å². The van der Waals surface area contributed by atoms with Gasteiger partial charge < -0.3 is 14.8 Å². The summed E-state index contributed by atoms with van der Waals surface area (Å²) in [5.41, 5.74) is 2.89. The van der Waals surface area contributed by atoms with E-state index in [9.17, 15) is 4.79 Å². The summed E-state index contributed by atoms with van der Waals surface area (Å²) in [6.07, 6.45) is 1.01. The highest BCUT2D eigenvalue weighted by Crippen LogP contribution is 2.40. The number of ketones is 1. The largest absolute Gasteiger partial charge is 0.493 e. The third-order valence-corrected chi connectivity index (χ3v) is 7.34. The minimum atomic E-state index is -0.451. The summed E-state index contributed by atoms with van der Waals surface area (Å²) in [4.78, 5) is 17.3. The van der Waals surface area contributed by atoms with E-state index in [2.05, 4.69) is 17.2 Å². The van der Waals surface area contributed by atoms with Crippen LogP contribution in [0.15, 0.2) is 52.8 Å². The van der Waals surface area contributed by atoms with Crippen molar-refractivity contribution in [3.05, 3.63) is 68.8 Å². The molecular weight excluding hydrogens is 507 g/mol. The molecule has 0 amide bonds. The molecule has 2 aromatic carbocycles. The zero-order valence-electron chi connectivity index (χ0n) is 19.9. The molecule has 1 aromatic heterocycles. The summed E-state index contributed by atoms with van der Waals surface area (Å²) in [5, 5.41) is 9.67. The summed E-state index contributed by atoms with van der Waals surface area (Å²) in [6.45, 7) is 5.73. The number of aromatic nitrogens is 3. The molecule has 7 nitrogen and oxygen atoms in total. The number of benzene rings is 2. The standard InChI is InChI=1S/C25H26Cl2N4O3S/c1-5-11-35-25-29-24-28-14(2)22(15(3)32)23(31(24)30-25)16-9-10-20(21(12-16)33-4)34-13-17-18(26)7-6-8-19(17)27/h6-10,12,23H,5,11,13H2,1-4H3,(H,28,29,30). The second kappa shape index (κ2) is 10.9. The predicted molar refractivity (Wildman–Crippen MR) is 140 cm³/mol. The van der Waals surface area contributed by atoms with Crippen molar-refractivity contribution in [3.8, 4) is 11.5 Å². The van der Waals surface area contributed by atoms with Crippen molar-refractivity contribution in [2.45, 2.75) is 45.0 Å². The molecule has 0 saturated heterocycles. The SMILES string of the molecule is CCCSc1nc2n(n1)C(c1ccc(OCc3c(Cl)cccc3Cl)c(OC)c1)C(C(C)=O)=C(C)N2. The topological polar surface area (TPSA) is 78.3 Å². The number of ether oxygens (including phenoxy) is 2. The van der Waals surface area contributed by atoms with E-state index in [0.717, 1.165) is 23.4 Å². The van der Waals surface area contributed by atoms with Gasteiger partial charge in [-0.2, -0.15) is 4.98 Å². The van der Waals surface area contributed by atoms with Crippen molar-refractivity contribution in [1.82, 2.24) is 14.8 Å². The summed E-state index contributed by atoms with van der Waals surface area (Å²) in [5.74, 6) is 2.52. The second-order valence-electron chi connectivity index (χ2n) is 8.03. The Kier molecular flexibility index (Phi) is 7.94. The number of thioether (sulfide) groups is 1. The number of carbonyl (C=O) groups excluding carboxylic acids is 1. The first-order valence-electron chi connectivity index (χ1n) is 11.2. The number of carbonyl (C=O) groups is 1. The van der Waals surface area contributed by atoms with Crippen LogP contribution in [-0.4, -0.2) is 33.4 Å². The second-order valence-corrected chi connectivity index (χ2v) is 9.91. The molecule has 2 heterocycles. The third kappa shape index (κ3) is 5.29. The van der Waals surface area contributed by atoms with E-state index in [1.807, 2.05) is 25.1 Å². The minimum Gasteiger partial charge on any atom is -0.493 e. The molecule has 0 bridgehead atoms. The van der Waals surface area contributed by atoms with Gasteiger partial charge in [-0.3, -0.25) is 4.79 Å². The molecule has 1 aliphatic rings. The normalized spacial score (nSPS) is 15.0. The van der Waals surface area contributed by atoms with Crippen molar-refractivity contribution >= 4 is 46.7 Å². The van der Waals surface area contributed by atoms with E-state index in [-0.39, 0.29) is 12.4 Å². The maximum absolute atomic E-state index is 12.7. The minimum absolute atomic E-state index is 0.0448. The zero-order chi connectivity index (χ0) is 25.1. The van der Waals surface area contributed by atoms with E-state index >= 15 is 0 Å². The number of allylic oxidation sites excluding steroid dienone is 2. The molecule has 10 heteroatoms. The summed E-state index contributed by atoms with van der Waals surface area (Å²) in [6, 6.07) is 10.5. The van der Waals surface area contributed by atoms with E-state index in [4.69, 9.17) is 37.8 Å². The lowest BCUT2D eigenvalue weighted by Gasteiger charge is -2.28. The number of fused-ring (bicyclic) bond motifs is 1. The maximum Gasteiger partial charge on any atom is 0.227 e. The Labute approximate surface area is 218 Å². The monoisotopic (exact) mass is 532 g/mol. The third-order valence-electron chi connectivity index (χ3n) is 5.58. The highest BCUT2D eigenvalue weighted by molar-refractivity contribution is 7.99. The van der Waals surface area contributed by atoms with Crippen LogP contribution in [0.25, 0.3) is 0 Å². The number of hydrogen-bond donors (Lipinski definition) is 1. The molecule has 35 heavy (non-hydrogen) atoms. The van der Waals surface area contributed by atoms with Gasteiger partial charge in [-0.25, -0.2) is 4.68 Å². The van der Waals surface area contributed by atoms with E-state index in [1.165, 1.54) is 0 Å². The number of nitrogens with zero attached hydrogens (tertiary/aromatic N) is 3.